The van der Waals surface area contributed by atoms with Gasteiger partial charge in [-0.3, -0.25) is 4.79 Å². The van der Waals surface area contributed by atoms with E-state index in [-0.39, 0.29) is 18.5 Å². The van der Waals surface area contributed by atoms with Crippen molar-refractivity contribution in [3.05, 3.63) is 41.6 Å². The van der Waals surface area contributed by atoms with Crippen molar-refractivity contribution >= 4 is 35.4 Å². The van der Waals surface area contributed by atoms with Crippen LogP contribution in [0.15, 0.2) is 30.5 Å². The van der Waals surface area contributed by atoms with Gasteiger partial charge in [-0.25, -0.2) is 4.79 Å². The molecule has 1 aromatic carbocycles. The van der Waals surface area contributed by atoms with Crippen molar-refractivity contribution < 1.29 is 22.8 Å². The maximum atomic E-state index is 13.5. The second-order valence-corrected chi connectivity index (χ2v) is 10.5. The molecule has 8 nitrogen and oxygen atoms in total. The lowest BCUT2D eigenvalue weighted by molar-refractivity contribution is -0.138. The summed E-state index contributed by atoms with van der Waals surface area (Å²) in [5.74, 6) is 0.449. The SMILES string of the molecule is CSNc1ccn(C(=O)N2CCC(C)(N(Cc3ccc(C(F)(F)F)cc3N3CCCC3)C(C)=O)CC2)n1. The molecule has 37 heavy (non-hydrogen) atoms. The summed E-state index contributed by atoms with van der Waals surface area (Å²) in [7, 11) is 0. The first-order valence-electron chi connectivity index (χ1n) is 12.4. The van der Waals surface area contributed by atoms with Gasteiger partial charge >= 0.3 is 12.2 Å². The largest absolute Gasteiger partial charge is 0.416 e. The van der Waals surface area contributed by atoms with Gasteiger partial charge < -0.3 is 19.4 Å². The molecule has 0 saturated carbocycles. The Kier molecular flexibility index (Phi) is 7.96. The van der Waals surface area contributed by atoms with E-state index in [1.165, 1.54) is 35.7 Å². The van der Waals surface area contributed by atoms with E-state index in [0.29, 0.717) is 56.1 Å². The second kappa shape index (κ2) is 10.8. The number of hydrogen-bond acceptors (Lipinski definition) is 6. The standard InChI is InChI=1S/C25H33F3N6O2S/c1-18(35)33(17-19-6-7-20(25(26,27)28)16-21(19)31-11-4-5-12-31)24(2)9-14-32(15-10-24)23(36)34-13-8-22(29-34)30-37-3/h6-8,13,16H,4-5,9-12,14-15,17H2,1-3H3,(H,29,30). The molecule has 2 aromatic rings. The maximum Gasteiger partial charge on any atom is 0.416 e. The number of carbonyl (C=O) groups is 2. The molecule has 1 N–H and O–H groups in total. The molecule has 0 atom stereocenters. The van der Waals surface area contributed by atoms with Crippen LogP contribution in [-0.4, -0.2) is 69.5 Å². The Hall–Kier alpha value is -2.89. The number of amides is 2. The van der Waals surface area contributed by atoms with Crippen molar-refractivity contribution in [1.82, 2.24) is 19.6 Å². The highest BCUT2D eigenvalue weighted by Crippen LogP contribution is 2.37. The smallest absolute Gasteiger partial charge is 0.371 e. The van der Waals surface area contributed by atoms with Crippen LogP contribution in [-0.2, 0) is 17.5 Å². The number of anilines is 2. The molecule has 0 radical (unpaired) electrons. The number of likely N-dealkylation sites (tertiary alicyclic amines) is 1. The third-order valence-corrected chi connectivity index (χ3v) is 7.74. The number of benzene rings is 1. The molecular formula is C25H33F3N6O2S. The predicted molar refractivity (Wildman–Crippen MR) is 138 cm³/mol. The van der Waals surface area contributed by atoms with Gasteiger partial charge in [-0.2, -0.15) is 17.9 Å². The molecule has 0 unspecified atom stereocenters. The highest BCUT2D eigenvalue weighted by Gasteiger charge is 2.39. The van der Waals surface area contributed by atoms with Gasteiger partial charge in [0.1, 0.15) is 0 Å². The zero-order valence-electron chi connectivity index (χ0n) is 21.3. The van der Waals surface area contributed by atoms with Crippen LogP contribution in [0.3, 0.4) is 0 Å². The fourth-order valence-electron chi connectivity index (χ4n) is 5.16. The number of carbonyl (C=O) groups excluding carboxylic acids is 2. The molecular weight excluding hydrogens is 505 g/mol. The molecule has 0 bridgehead atoms. The number of hydrogen-bond donors (Lipinski definition) is 1. The van der Waals surface area contributed by atoms with Crippen molar-refractivity contribution in [2.45, 2.75) is 57.8 Å². The van der Waals surface area contributed by atoms with Gasteiger partial charge in [0.05, 0.1) is 5.56 Å². The summed E-state index contributed by atoms with van der Waals surface area (Å²) in [4.78, 5) is 31.2. The predicted octanol–water partition coefficient (Wildman–Crippen LogP) is 5.06. The monoisotopic (exact) mass is 538 g/mol. The van der Waals surface area contributed by atoms with Crippen molar-refractivity contribution in [3.8, 4) is 0 Å². The molecule has 2 aliphatic rings. The molecule has 3 heterocycles. The van der Waals surface area contributed by atoms with E-state index in [2.05, 4.69) is 9.82 Å². The number of alkyl halides is 3. The summed E-state index contributed by atoms with van der Waals surface area (Å²) >= 11 is 1.39. The third-order valence-electron chi connectivity index (χ3n) is 7.32. The number of rotatable bonds is 6. The van der Waals surface area contributed by atoms with Crippen LogP contribution in [0, 0.1) is 0 Å². The lowest BCUT2D eigenvalue weighted by atomic mass is 9.87. The van der Waals surface area contributed by atoms with Gasteiger partial charge in [-0.05, 0) is 50.3 Å². The van der Waals surface area contributed by atoms with Crippen molar-refractivity contribution in [2.75, 3.05) is 42.1 Å². The van der Waals surface area contributed by atoms with Gasteiger partial charge in [-0.15, -0.1) is 5.10 Å². The second-order valence-electron chi connectivity index (χ2n) is 9.86. The van der Waals surface area contributed by atoms with Crippen LogP contribution >= 0.6 is 11.9 Å². The number of halogens is 3. The minimum absolute atomic E-state index is 0.144. The fraction of sp³-hybridized carbons (Fsp3) is 0.560. The van der Waals surface area contributed by atoms with Crippen LogP contribution in [0.2, 0.25) is 0 Å². The highest BCUT2D eigenvalue weighted by molar-refractivity contribution is 7.99. The Morgan fingerprint density at radius 2 is 1.81 bits per heavy atom. The van der Waals surface area contributed by atoms with Gasteiger partial charge in [0, 0.05) is 69.4 Å². The molecule has 2 saturated heterocycles. The van der Waals surface area contributed by atoms with Crippen molar-refractivity contribution in [1.29, 1.82) is 0 Å². The number of nitrogens with one attached hydrogen (secondary N) is 1. The topological polar surface area (TPSA) is 73.7 Å². The average Bonchev–Trinajstić information content (AvgIpc) is 3.55. The highest BCUT2D eigenvalue weighted by atomic mass is 32.2. The fourth-order valence-corrected chi connectivity index (χ4v) is 5.48. The van der Waals surface area contributed by atoms with Gasteiger partial charge in [0.2, 0.25) is 5.91 Å². The Labute approximate surface area is 219 Å². The average molecular weight is 539 g/mol. The first kappa shape index (κ1) is 27.2. The van der Waals surface area contributed by atoms with Crippen molar-refractivity contribution in [3.63, 3.8) is 0 Å². The van der Waals surface area contributed by atoms with E-state index in [4.69, 9.17) is 0 Å². The van der Waals surface area contributed by atoms with E-state index in [1.807, 2.05) is 18.1 Å². The molecule has 0 spiro atoms. The van der Waals surface area contributed by atoms with Crippen molar-refractivity contribution in [2.24, 2.45) is 0 Å². The van der Waals surface area contributed by atoms with Crippen LogP contribution in [0.5, 0.6) is 0 Å². The Bertz CT molecular complexity index is 1120. The molecule has 12 heteroatoms. The van der Waals surface area contributed by atoms with Crippen LogP contribution < -0.4 is 9.62 Å². The maximum absolute atomic E-state index is 13.5. The van der Waals surface area contributed by atoms with Crippen LogP contribution in [0.25, 0.3) is 0 Å². The number of aromatic nitrogens is 2. The number of nitrogens with zero attached hydrogens (tertiary/aromatic N) is 5. The molecule has 1 aromatic heterocycles. The van der Waals surface area contributed by atoms with E-state index < -0.39 is 17.3 Å². The summed E-state index contributed by atoms with van der Waals surface area (Å²) < 4.78 is 44.7. The lowest BCUT2D eigenvalue weighted by Gasteiger charge is -2.46. The normalized spacial score (nSPS) is 17.7. The minimum Gasteiger partial charge on any atom is -0.371 e. The molecule has 0 aliphatic carbocycles. The summed E-state index contributed by atoms with van der Waals surface area (Å²) in [5, 5.41) is 4.25. The van der Waals surface area contributed by atoms with E-state index in [0.717, 1.165) is 18.9 Å². The quantitative estimate of drug-likeness (QED) is 0.518. The third kappa shape index (κ3) is 6.00. The zero-order chi connectivity index (χ0) is 26.8. The van der Waals surface area contributed by atoms with Gasteiger partial charge in [0.25, 0.3) is 0 Å². The molecule has 4 rings (SSSR count). The van der Waals surface area contributed by atoms with Crippen LogP contribution in [0.4, 0.5) is 29.5 Å². The summed E-state index contributed by atoms with van der Waals surface area (Å²) in [6.07, 6.45) is 2.01. The van der Waals surface area contributed by atoms with E-state index in [9.17, 15) is 22.8 Å². The zero-order valence-corrected chi connectivity index (χ0v) is 22.2. The number of piperidine rings is 1. The molecule has 202 valence electrons. The first-order chi connectivity index (χ1) is 17.5. The summed E-state index contributed by atoms with van der Waals surface area (Å²) in [6, 6.07) is 5.31. The van der Waals surface area contributed by atoms with Gasteiger partial charge in [0.15, 0.2) is 5.82 Å². The minimum atomic E-state index is -4.43. The molecule has 2 aliphatic heterocycles. The molecule has 2 amide bonds. The Morgan fingerprint density at radius 3 is 2.41 bits per heavy atom. The Balaban J connectivity index is 1.51. The van der Waals surface area contributed by atoms with E-state index >= 15 is 0 Å². The lowest BCUT2D eigenvalue weighted by Crippen LogP contribution is -2.56. The Morgan fingerprint density at radius 1 is 1.14 bits per heavy atom. The van der Waals surface area contributed by atoms with E-state index in [1.54, 1.807) is 22.1 Å². The first-order valence-corrected chi connectivity index (χ1v) is 13.6. The van der Waals surface area contributed by atoms with Gasteiger partial charge in [-0.1, -0.05) is 18.0 Å². The summed E-state index contributed by atoms with van der Waals surface area (Å²) in [6.45, 7) is 5.98. The molecule has 2 fully saturated rings. The summed E-state index contributed by atoms with van der Waals surface area (Å²) in [5.41, 5.74) is 0.0295. The van der Waals surface area contributed by atoms with Crippen LogP contribution in [0.1, 0.15) is 50.7 Å².